The lowest BCUT2D eigenvalue weighted by Crippen LogP contribution is -2.19. The lowest BCUT2D eigenvalue weighted by molar-refractivity contribution is 0.101. The Morgan fingerprint density at radius 1 is 1.08 bits per heavy atom. The summed E-state index contributed by atoms with van der Waals surface area (Å²) in [5.74, 6) is -0.0166. The first-order chi connectivity index (χ1) is 12.4. The number of amides is 1. The van der Waals surface area contributed by atoms with Gasteiger partial charge in [-0.15, -0.1) is 0 Å². The van der Waals surface area contributed by atoms with Gasteiger partial charge in [0.2, 0.25) is 10.0 Å². The van der Waals surface area contributed by atoms with E-state index >= 15 is 0 Å². The Morgan fingerprint density at radius 2 is 1.81 bits per heavy atom. The van der Waals surface area contributed by atoms with Gasteiger partial charge >= 0.3 is 0 Å². The highest BCUT2D eigenvalue weighted by atomic mass is 32.2. The Bertz CT molecular complexity index is 1040. The van der Waals surface area contributed by atoms with E-state index in [0.29, 0.717) is 11.4 Å². The largest absolute Gasteiger partial charge is 0.355 e. The zero-order chi connectivity index (χ0) is 18.7. The van der Waals surface area contributed by atoms with Gasteiger partial charge < -0.3 is 9.84 Å². The first-order valence-electron chi connectivity index (χ1n) is 7.78. The average Bonchev–Trinajstić information content (AvgIpc) is 3.14. The van der Waals surface area contributed by atoms with E-state index in [1.807, 2.05) is 30.3 Å². The third-order valence-electron chi connectivity index (χ3n) is 3.84. The van der Waals surface area contributed by atoms with Crippen molar-refractivity contribution in [2.75, 3.05) is 12.4 Å². The molecular formula is C18H17N3O4S. The predicted octanol–water partition coefficient (Wildman–Crippen LogP) is 2.81. The molecule has 0 atom stereocenters. The Balaban J connectivity index is 1.85. The van der Waals surface area contributed by atoms with Crippen molar-refractivity contribution in [3.8, 4) is 11.3 Å². The first kappa shape index (κ1) is 17.8. The van der Waals surface area contributed by atoms with Crippen LogP contribution in [0, 0.1) is 6.92 Å². The molecule has 0 saturated carbocycles. The minimum Gasteiger partial charge on any atom is -0.355 e. The van der Waals surface area contributed by atoms with Crippen molar-refractivity contribution in [2.24, 2.45) is 0 Å². The van der Waals surface area contributed by atoms with Crippen LogP contribution in [0.4, 0.5) is 5.69 Å². The van der Waals surface area contributed by atoms with Gasteiger partial charge in [0, 0.05) is 17.3 Å². The van der Waals surface area contributed by atoms with Crippen LogP contribution in [0.25, 0.3) is 11.3 Å². The van der Waals surface area contributed by atoms with Gasteiger partial charge in [-0.1, -0.05) is 41.6 Å². The first-order valence-corrected chi connectivity index (χ1v) is 9.27. The van der Waals surface area contributed by atoms with Crippen LogP contribution < -0.4 is 10.0 Å². The van der Waals surface area contributed by atoms with Crippen molar-refractivity contribution >= 4 is 21.6 Å². The number of nitrogens with one attached hydrogen (secondary N) is 2. The molecule has 1 aromatic heterocycles. The minimum atomic E-state index is -3.61. The van der Waals surface area contributed by atoms with Gasteiger partial charge in [-0.3, -0.25) is 4.79 Å². The summed E-state index contributed by atoms with van der Waals surface area (Å²) in [5.41, 5.74) is 2.01. The molecule has 2 aromatic carbocycles. The van der Waals surface area contributed by atoms with E-state index in [2.05, 4.69) is 15.2 Å². The minimum absolute atomic E-state index is 0.0611. The zero-order valence-corrected chi connectivity index (χ0v) is 15.0. The second kappa shape index (κ2) is 7.11. The quantitative estimate of drug-likeness (QED) is 0.718. The lowest BCUT2D eigenvalue weighted by Gasteiger charge is -2.09. The highest BCUT2D eigenvalue weighted by Crippen LogP contribution is 2.23. The fourth-order valence-corrected chi connectivity index (χ4v) is 3.08. The Kier molecular flexibility index (Phi) is 4.88. The fraction of sp³-hybridized carbons (Fsp3) is 0.111. The summed E-state index contributed by atoms with van der Waals surface area (Å²) in [6, 6.07) is 15.3. The van der Waals surface area contributed by atoms with Gasteiger partial charge in [0.15, 0.2) is 11.5 Å². The predicted molar refractivity (Wildman–Crippen MR) is 97.3 cm³/mol. The van der Waals surface area contributed by atoms with Crippen LogP contribution in [-0.2, 0) is 10.0 Å². The molecule has 134 valence electrons. The van der Waals surface area contributed by atoms with Crippen molar-refractivity contribution in [3.05, 3.63) is 65.9 Å². The van der Waals surface area contributed by atoms with Crippen molar-refractivity contribution in [1.82, 2.24) is 9.88 Å². The second-order valence-corrected chi connectivity index (χ2v) is 7.47. The molecule has 3 rings (SSSR count). The topological polar surface area (TPSA) is 101 Å². The third kappa shape index (κ3) is 3.66. The molecule has 7 nitrogen and oxygen atoms in total. The molecule has 1 amide bonds. The van der Waals surface area contributed by atoms with Crippen LogP contribution in [0.3, 0.4) is 0 Å². The highest BCUT2D eigenvalue weighted by Gasteiger charge is 2.17. The summed E-state index contributed by atoms with van der Waals surface area (Å²) in [7, 11) is -2.28. The molecule has 2 N–H and O–H groups in total. The normalized spacial score (nSPS) is 11.3. The van der Waals surface area contributed by atoms with E-state index < -0.39 is 15.9 Å². The van der Waals surface area contributed by atoms with Crippen LogP contribution in [0.1, 0.15) is 16.1 Å². The summed E-state index contributed by atoms with van der Waals surface area (Å²) < 4.78 is 31.3. The summed E-state index contributed by atoms with van der Waals surface area (Å²) in [5, 5.41) is 6.46. The van der Waals surface area contributed by atoms with Gasteiger partial charge in [-0.25, -0.2) is 13.1 Å². The number of aromatic nitrogens is 1. The number of anilines is 1. The molecule has 0 saturated heterocycles. The van der Waals surface area contributed by atoms with Gasteiger partial charge in [0.05, 0.1) is 4.90 Å². The molecule has 8 heteroatoms. The van der Waals surface area contributed by atoms with E-state index in [4.69, 9.17) is 4.52 Å². The number of carbonyl (C=O) groups is 1. The molecule has 0 bridgehead atoms. The van der Waals surface area contributed by atoms with Gasteiger partial charge in [-0.05, 0) is 31.7 Å². The fourth-order valence-electron chi connectivity index (χ4n) is 2.33. The van der Waals surface area contributed by atoms with Crippen LogP contribution >= 0.6 is 0 Å². The molecule has 0 spiro atoms. The van der Waals surface area contributed by atoms with Crippen LogP contribution in [0.2, 0.25) is 0 Å². The highest BCUT2D eigenvalue weighted by molar-refractivity contribution is 7.89. The summed E-state index contributed by atoms with van der Waals surface area (Å²) >= 11 is 0. The van der Waals surface area contributed by atoms with Crippen LogP contribution in [-0.4, -0.2) is 26.5 Å². The Morgan fingerprint density at radius 3 is 2.50 bits per heavy atom. The molecule has 3 aromatic rings. The molecule has 0 radical (unpaired) electrons. The molecule has 0 unspecified atom stereocenters. The number of sulfonamides is 1. The van der Waals surface area contributed by atoms with E-state index in [1.165, 1.54) is 25.2 Å². The maximum Gasteiger partial charge on any atom is 0.277 e. The third-order valence-corrected chi connectivity index (χ3v) is 5.25. The van der Waals surface area contributed by atoms with Crippen molar-refractivity contribution < 1.29 is 17.7 Å². The number of hydrogen-bond acceptors (Lipinski definition) is 5. The number of nitrogens with zero attached hydrogens (tertiary/aromatic N) is 1. The van der Waals surface area contributed by atoms with Crippen molar-refractivity contribution in [3.63, 3.8) is 0 Å². The number of carbonyl (C=O) groups excluding carboxylic acids is 1. The summed E-state index contributed by atoms with van der Waals surface area (Å²) in [6.45, 7) is 1.77. The van der Waals surface area contributed by atoms with E-state index in [-0.39, 0.29) is 10.6 Å². The van der Waals surface area contributed by atoms with Gasteiger partial charge in [0.25, 0.3) is 5.91 Å². The number of rotatable bonds is 5. The maximum atomic E-state index is 12.4. The Hall–Kier alpha value is -2.97. The number of hydrogen-bond donors (Lipinski definition) is 2. The smallest absolute Gasteiger partial charge is 0.277 e. The SMILES string of the molecule is CNS(=O)(=O)c1ccc(C)c(NC(=O)c2cc(-c3ccccc3)on2)c1. The molecule has 0 aliphatic rings. The summed E-state index contributed by atoms with van der Waals surface area (Å²) in [6.07, 6.45) is 0. The maximum absolute atomic E-state index is 12.4. The number of benzene rings is 2. The molecule has 1 heterocycles. The molecule has 26 heavy (non-hydrogen) atoms. The Labute approximate surface area is 151 Å². The van der Waals surface area contributed by atoms with E-state index in [0.717, 1.165) is 11.1 Å². The average molecular weight is 371 g/mol. The molecule has 0 aliphatic carbocycles. The lowest BCUT2D eigenvalue weighted by atomic mass is 10.1. The van der Waals surface area contributed by atoms with Gasteiger partial charge in [-0.2, -0.15) is 0 Å². The van der Waals surface area contributed by atoms with E-state index in [9.17, 15) is 13.2 Å². The molecular weight excluding hydrogens is 354 g/mol. The van der Waals surface area contributed by atoms with Crippen molar-refractivity contribution in [2.45, 2.75) is 11.8 Å². The van der Waals surface area contributed by atoms with E-state index in [1.54, 1.807) is 13.0 Å². The van der Waals surface area contributed by atoms with Crippen LogP contribution in [0.5, 0.6) is 0 Å². The van der Waals surface area contributed by atoms with Crippen molar-refractivity contribution in [1.29, 1.82) is 0 Å². The zero-order valence-electron chi connectivity index (χ0n) is 14.2. The summed E-state index contributed by atoms with van der Waals surface area (Å²) in [4.78, 5) is 12.5. The molecule has 0 aliphatic heterocycles. The standard InChI is InChI=1S/C18H17N3O4S/c1-12-8-9-14(26(23,24)19-2)10-15(12)20-18(22)16-11-17(25-21-16)13-6-4-3-5-7-13/h3-11,19H,1-2H3,(H,20,22). The second-order valence-electron chi connectivity index (χ2n) is 5.58. The van der Waals surface area contributed by atoms with Crippen LogP contribution in [0.15, 0.2) is 64.0 Å². The number of aryl methyl sites for hydroxylation is 1. The molecule has 0 fully saturated rings. The monoisotopic (exact) mass is 371 g/mol. The van der Waals surface area contributed by atoms with Gasteiger partial charge in [0.1, 0.15) is 0 Å².